The summed E-state index contributed by atoms with van der Waals surface area (Å²) < 4.78 is 0.707. The largest absolute Gasteiger partial charge is 0.506 e. The fourth-order valence-electron chi connectivity index (χ4n) is 1.55. The van der Waals surface area contributed by atoms with Gasteiger partial charge < -0.3 is 15.4 Å². The zero-order chi connectivity index (χ0) is 14.0. The summed E-state index contributed by atoms with van der Waals surface area (Å²) in [6.07, 6.45) is 1.35. The third-order valence-corrected chi connectivity index (χ3v) is 3.00. The fourth-order valence-corrected chi connectivity index (χ4v) is 1.91. The molecule has 0 unspecified atom stereocenters. The Kier molecular flexibility index (Phi) is 3.71. The topological polar surface area (TPSA) is 82.2 Å². The monoisotopic (exact) mass is 322 g/mol. The van der Waals surface area contributed by atoms with Gasteiger partial charge in [-0.15, -0.1) is 0 Å². The summed E-state index contributed by atoms with van der Waals surface area (Å²) in [5.41, 5.74) is 0.527. The van der Waals surface area contributed by atoms with Crippen molar-refractivity contribution in [2.75, 3.05) is 5.32 Å². The molecular weight excluding hydrogens is 312 g/mol. The number of aryl methyl sites for hydroxylation is 1. The highest BCUT2D eigenvalue weighted by Crippen LogP contribution is 2.26. The van der Waals surface area contributed by atoms with Crippen molar-refractivity contribution in [1.29, 1.82) is 0 Å². The van der Waals surface area contributed by atoms with E-state index in [-0.39, 0.29) is 22.4 Å². The number of aromatic hydroxyl groups is 1. The molecular formula is C13H11BrN2O3. The molecule has 0 radical (unpaired) electrons. The molecule has 0 fully saturated rings. The molecule has 19 heavy (non-hydrogen) atoms. The quantitative estimate of drug-likeness (QED) is 0.742. The Bertz CT molecular complexity index is 695. The number of anilines is 1. The van der Waals surface area contributed by atoms with Crippen LogP contribution in [0, 0.1) is 6.92 Å². The number of halogens is 1. The first-order valence-electron chi connectivity index (χ1n) is 5.46. The van der Waals surface area contributed by atoms with Crippen molar-refractivity contribution in [3.63, 3.8) is 0 Å². The average Bonchev–Trinajstić information content (AvgIpc) is 2.33. The normalized spacial score (nSPS) is 10.2. The maximum Gasteiger partial charge on any atom is 0.261 e. The third kappa shape index (κ3) is 3.03. The molecule has 1 heterocycles. The summed E-state index contributed by atoms with van der Waals surface area (Å²) in [6.45, 7) is 1.73. The number of aromatic nitrogens is 1. The molecule has 0 spiro atoms. The van der Waals surface area contributed by atoms with Crippen LogP contribution in [0.5, 0.6) is 5.75 Å². The number of carbonyl (C=O) groups is 1. The van der Waals surface area contributed by atoms with Gasteiger partial charge in [-0.1, -0.05) is 15.9 Å². The minimum absolute atomic E-state index is 0.00928. The Labute approximate surface area is 117 Å². The van der Waals surface area contributed by atoms with E-state index in [9.17, 15) is 14.7 Å². The fraction of sp³-hybridized carbons (Fsp3) is 0.0769. The maximum absolute atomic E-state index is 12.0. The SMILES string of the molecule is Cc1cc(=O)c(C(=O)Nc2cc(Br)ccc2O)c[nH]1. The molecule has 0 aliphatic rings. The number of phenolic OH excluding ortho intramolecular Hbond substituents is 1. The van der Waals surface area contributed by atoms with Crippen molar-refractivity contribution in [1.82, 2.24) is 4.98 Å². The molecule has 1 amide bonds. The molecule has 2 rings (SSSR count). The molecule has 0 saturated heterocycles. The Balaban J connectivity index is 2.31. The standard InChI is InChI=1S/C13H11BrN2O3/c1-7-4-12(18)9(6-15-7)13(19)16-10-5-8(14)2-3-11(10)17/h2-6,17H,1H3,(H,15,18)(H,16,19). The Hall–Kier alpha value is -2.08. The summed E-state index contributed by atoms with van der Waals surface area (Å²) in [6, 6.07) is 5.98. The second-order valence-electron chi connectivity index (χ2n) is 4.01. The van der Waals surface area contributed by atoms with Crippen LogP contribution in [0.2, 0.25) is 0 Å². The van der Waals surface area contributed by atoms with E-state index in [0.29, 0.717) is 10.2 Å². The van der Waals surface area contributed by atoms with Gasteiger partial charge in [0.25, 0.3) is 5.91 Å². The van der Waals surface area contributed by atoms with Crippen molar-refractivity contribution < 1.29 is 9.90 Å². The minimum Gasteiger partial charge on any atom is -0.506 e. The van der Waals surface area contributed by atoms with Gasteiger partial charge in [0.1, 0.15) is 11.3 Å². The van der Waals surface area contributed by atoms with Crippen molar-refractivity contribution in [2.45, 2.75) is 6.92 Å². The van der Waals surface area contributed by atoms with E-state index in [1.54, 1.807) is 19.1 Å². The Morgan fingerprint density at radius 3 is 2.79 bits per heavy atom. The number of amides is 1. The zero-order valence-corrected chi connectivity index (χ0v) is 11.6. The lowest BCUT2D eigenvalue weighted by Gasteiger charge is -2.07. The predicted octanol–water partition coefficient (Wildman–Crippen LogP) is 2.40. The van der Waals surface area contributed by atoms with Crippen molar-refractivity contribution >= 4 is 27.5 Å². The van der Waals surface area contributed by atoms with Crippen LogP contribution < -0.4 is 10.7 Å². The molecule has 0 atom stereocenters. The Morgan fingerprint density at radius 2 is 2.11 bits per heavy atom. The molecule has 0 saturated carbocycles. The van der Waals surface area contributed by atoms with Gasteiger partial charge in [0.2, 0.25) is 0 Å². The van der Waals surface area contributed by atoms with Crippen LogP contribution in [0.4, 0.5) is 5.69 Å². The van der Waals surface area contributed by atoms with Gasteiger partial charge in [0, 0.05) is 22.4 Å². The van der Waals surface area contributed by atoms with Crippen LogP contribution in [0.25, 0.3) is 0 Å². The number of phenols is 1. The van der Waals surface area contributed by atoms with E-state index >= 15 is 0 Å². The van der Waals surface area contributed by atoms with E-state index in [1.165, 1.54) is 18.3 Å². The van der Waals surface area contributed by atoms with E-state index in [0.717, 1.165) is 0 Å². The molecule has 98 valence electrons. The number of benzene rings is 1. The van der Waals surface area contributed by atoms with Gasteiger partial charge in [0.05, 0.1) is 5.69 Å². The molecule has 0 aliphatic heterocycles. The lowest BCUT2D eigenvalue weighted by atomic mass is 10.2. The molecule has 5 nitrogen and oxygen atoms in total. The summed E-state index contributed by atoms with van der Waals surface area (Å²) >= 11 is 3.24. The van der Waals surface area contributed by atoms with Gasteiger partial charge in [0.15, 0.2) is 5.43 Å². The van der Waals surface area contributed by atoms with Gasteiger partial charge in [-0.2, -0.15) is 0 Å². The second-order valence-corrected chi connectivity index (χ2v) is 4.93. The van der Waals surface area contributed by atoms with Crippen molar-refractivity contribution in [3.05, 3.63) is 56.4 Å². The van der Waals surface area contributed by atoms with E-state index in [4.69, 9.17) is 0 Å². The van der Waals surface area contributed by atoms with Crippen LogP contribution in [0.15, 0.2) is 39.7 Å². The molecule has 6 heteroatoms. The third-order valence-electron chi connectivity index (χ3n) is 2.51. The van der Waals surface area contributed by atoms with E-state index < -0.39 is 5.91 Å². The van der Waals surface area contributed by atoms with Crippen molar-refractivity contribution in [2.24, 2.45) is 0 Å². The van der Waals surface area contributed by atoms with E-state index in [2.05, 4.69) is 26.2 Å². The number of aromatic amines is 1. The van der Waals surface area contributed by atoms with Crippen LogP contribution in [0.3, 0.4) is 0 Å². The first-order valence-corrected chi connectivity index (χ1v) is 6.26. The molecule has 0 bridgehead atoms. The first-order chi connectivity index (χ1) is 8.97. The van der Waals surface area contributed by atoms with Crippen molar-refractivity contribution in [3.8, 4) is 5.75 Å². The molecule has 1 aromatic heterocycles. The number of hydrogen-bond donors (Lipinski definition) is 3. The van der Waals surface area contributed by atoms with Gasteiger partial charge >= 0.3 is 0 Å². The van der Waals surface area contributed by atoms with Crippen LogP contribution in [-0.4, -0.2) is 16.0 Å². The summed E-state index contributed by atoms with van der Waals surface area (Å²) in [4.78, 5) is 26.4. The average molecular weight is 323 g/mol. The van der Waals surface area contributed by atoms with Gasteiger partial charge in [-0.05, 0) is 25.1 Å². The summed E-state index contributed by atoms with van der Waals surface area (Å²) in [7, 11) is 0. The zero-order valence-electron chi connectivity index (χ0n) is 10.0. The van der Waals surface area contributed by atoms with Gasteiger partial charge in [-0.25, -0.2) is 0 Å². The summed E-state index contributed by atoms with van der Waals surface area (Å²) in [5.74, 6) is -0.644. The second kappa shape index (κ2) is 5.27. The summed E-state index contributed by atoms with van der Waals surface area (Å²) in [5, 5.41) is 12.1. The lowest BCUT2D eigenvalue weighted by molar-refractivity contribution is 0.102. The Morgan fingerprint density at radius 1 is 1.37 bits per heavy atom. The minimum atomic E-state index is -0.574. The molecule has 0 aliphatic carbocycles. The van der Waals surface area contributed by atoms with Crippen LogP contribution in [-0.2, 0) is 0 Å². The molecule has 3 N–H and O–H groups in total. The number of hydrogen-bond acceptors (Lipinski definition) is 3. The highest BCUT2D eigenvalue weighted by atomic mass is 79.9. The maximum atomic E-state index is 12.0. The van der Waals surface area contributed by atoms with E-state index in [1.807, 2.05) is 0 Å². The van der Waals surface area contributed by atoms with Crippen LogP contribution >= 0.6 is 15.9 Å². The molecule has 1 aromatic carbocycles. The predicted molar refractivity (Wildman–Crippen MR) is 75.6 cm³/mol. The first kappa shape index (κ1) is 13.4. The number of pyridine rings is 1. The number of carbonyl (C=O) groups excluding carboxylic acids is 1. The number of nitrogens with one attached hydrogen (secondary N) is 2. The number of H-pyrrole nitrogens is 1. The highest BCUT2D eigenvalue weighted by Gasteiger charge is 2.12. The lowest BCUT2D eigenvalue weighted by Crippen LogP contribution is -2.21. The number of rotatable bonds is 2. The molecule has 2 aromatic rings. The highest BCUT2D eigenvalue weighted by molar-refractivity contribution is 9.10. The smallest absolute Gasteiger partial charge is 0.261 e. The van der Waals surface area contributed by atoms with Crippen LogP contribution in [0.1, 0.15) is 16.1 Å². The van der Waals surface area contributed by atoms with Gasteiger partial charge in [-0.3, -0.25) is 9.59 Å².